The highest BCUT2D eigenvalue weighted by Crippen LogP contribution is 2.27. The average Bonchev–Trinajstić information content (AvgIpc) is 2.64. The molecule has 0 fully saturated rings. The fourth-order valence-electron chi connectivity index (χ4n) is 2.47. The van der Waals surface area contributed by atoms with Gasteiger partial charge in [0.15, 0.2) is 5.82 Å². The summed E-state index contributed by atoms with van der Waals surface area (Å²) in [5.74, 6) is 1.56. The standard InChI is InChI=1S/C21H22ClN3O/c1-15(2)24-20-12-17(22)13-23-21(20)25-18-8-10-19(11-9-18)26-14-16-6-4-3-5-7-16/h3-13,15,24H,14H2,1-2H3,(H,23,25). The number of hydrogen-bond donors (Lipinski definition) is 2. The third kappa shape index (κ3) is 5.14. The van der Waals surface area contributed by atoms with Crippen LogP contribution in [0.25, 0.3) is 0 Å². The molecular formula is C21H22ClN3O. The Labute approximate surface area is 159 Å². The largest absolute Gasteiger partial charge is 0.489 e. The van der Waals surface area contributed by atoms with Crippen LogP contribution in [-0.2, 0) is 6.61 Å². The average molecular weight is 368 g/mol. The Kier molecular flexibility index (Phi) is 5.97. The van der Waals surface area contributed by atoms with Crippen molar-refractivity contribution in [3.63, 3.8) is 0 Å². The molecule has 1 aromatic heterocycles. The lowest BCUT2D eigenvalue weighted by molar-refractivity contribution is 0.306. The fraction of sp³-hybridized carbons (Fsp3) is 0.190. The molecular weight excluding hydrogens is 346 g/mol. The number of anilines is 3. The van der Waals surface area contributed by atoms with Crippen LogP contribution < -0.4 is 15.4 Å². The highest BCUT2D eigenvalue weighted by atomic mass is 35.5. The van der Waals surface area contributed by atoms with E-state index >= 15 is 0 Å². The maximum Gasteiger partial charge on any atom is 0.153 e. The van der Waals surface area contributed by atoms with E-state index < -0.39 is 0 Å². The van der Waals surface area contributed by atoms with Gasteiger partial charge < -0.3 is 15.4 Å². The zero-order valence-electron chi connectivity index (χ0n) is 14.9. The Morgan fingerprint density at radius 2 is 1.77 bits per heavy atom. The van der Waals surface area contributed by atoms with Crippen LogP contribution in [0.1, 0.15) is 19.4 Å². The van der Waals surface area contributed by atoms with Crippen molar-refractivity contribution in [2.45, 2.75) is 26.5 Å². The third-order valence-corrected chi connectivity index (χ3v) is 3.87. The minimum atomic E-state index is 0.282. The van der Waals surface area contributed by atoms with Crippen molar-refractivity contribution in [1.29, 1.82) is 0 Å². The molecule has 134 valence electrons. The van der Waals surface area contributed by atoms with Crippen LogP contribution in [0.15, 0.2) is 66.9 Å². The van der Waals surface area contributed by atoms with Gasteiger partial charge in [-0.25, -0.2) is 4.98 Å². The van der Waals surface area contributed by atoms with Gasteiger partial charge in [-0.15, -0.1) is 0 Å². The van der Waals surface area contributed by atoms with E-state index in [1.807, 2.05) is 60.7 Å². The molecule has 0 aliphatic heterocycles. The molecule has 0 amide bonds. The second-order valence-corrected chi connectivity index (χ2v) is 6.71. The molecule has 3 aromatic rings. The Morgan fingerprint density at radius 3 is 2.46 bits per heavy atom. The molecule has 2 N–H and O–H groups in total. The number of hydrogen-bond acceptors (Lipinski definition) is 4. The molecule has 0 saturated carbocycles. The lowest BCUT2D eigenvalue weighted by Crippen LogP contribution is -2.12. The number of nitrogens with zero attached hydrogens (tertiary/aromatic N) is 1. The minimum Gasteiger partial charge on any atom is -0.489 e. The number of nitrogens with one attached hydrogen (secondary N) is 2. The summed E-state index contributed by atoms with van der Waals surface area (Å²) in [4.78, 5) is 4.39. The van der Waals surface area contributed by atoms with E-state index in [0.717, 1.165) is 28.5 Å². The van der Waals surface area contributed by atoms with Gasteiger partial charge in [-0.2, -0.15) is 0 Å². The van der Waals surface area contributed by atoms with Crippen molar-refractivity contribution in [2.24, 2.45) is 0 Å². The molecule has 0 aliphatic rings. The predicted octanol–water partition coefficient (Wildman–Crippen LogP) is 5.88. The SMILES string of the molecule is CC(C)Nc1cc(Cl)cnc1Nc1ccc(OCc2ccccc2)cc1. The fourth-order valence-corrected chi connectivity index (χ4v) is 2.63. The molecule has 0 unspecified atom stereocenters. The van der Waals surface area contributed by atoms with Gasteiger partial charge >= 0.3 is 0 Å². The van der Waals surface area contributed by atoms with Crippen LogP contribution in [0.3, 0.4) is 0 Å². The summed E-state index contributed by atoms with van der Waals surface area (Å²) in [5.41, 5.74) is 2.94. The first-order valence-corrected chi connectivity index (χ1v) is 8.94. The number of ether oxygens (including phenoxy) is 1. The van der Waals surface area contributed by atoms with E-state index in [1.54, 1.807) is 6.20 Å². The monoisotopic (exact) mass is 367 g/mol. The van der Waals surface area contributed by atoms with Gasteiger partial charge in [-0.05, 0) is 49.7 Å². The predicted molar refractivity (Wildman–Crippen MR) is 109 cm³/mol. The first-order valence-electron chi connectivity index (χ1n) is 8.56. The highest BCUT2D eigenvalue weighted by Gasteiger charge is 2.07. The first-order chi connectivity index (χ1) is 12.6. The van der Waals surface area contributed by atoms with Crippen LogP contribution in [0.2, 0.25) is 5.02 Å². The lowest BCUT2D eigenvalue weighted by atomic mass is 10.2. The van der Waals surface area contributed by atoms with Crippen molar-refractivity contribution in [2.75, 3.05) is 10.6 Å². The summed E-state index contributed by atoms with van der Waals surface area (Å²) >= 11 is 6.06. The Hall–Kier alpha value is -2.72. The quantitative estimate of drug-likeness (QED) is 0.547. The van der Waals surface area contributed by atoms with E-state index in [-0.39, 0.29) is 6.04 Å². The van der Waals surface area contributed by atoms with Gasteiger partial charge in [0, 0.05) is 17.9 Å². The molecule has 0 spiro atoms. The summed E-state index contributed by atoms with van der Waals surface area (Å²) in [6.45, 7) is 4.70. The van der Waals surface area contributed by atoms with Crippen molar-refractivity contribution in [3.8, 4) is 5.75 Å². The van der Waals surface area contributed by atoms with Crippen molar-refractivity contribution >= 4 is 28.8 Å². The second kappa shape index (κ2) is 8.59. The van der Waals surface area contributed by atoms with E-state index in [0.29, 0.717) is 11.6 Å². The molecule has 1 heterocycles. The number of aromatic nitrogens is 1. The van der Waals surface area contributed by atoms with Crippen molar-refractivity contribution in [1.82, 2.24) is 4.98 Å². The van der Waals surface area contributed by atoms with Crippen LogP contribution in [-0.4, -0.2) is 11.0 Å². The van der Waals surface area contributed by atoms with E-state index in [1.165, 1.54) is 0 Å². The maximum absolute atomic E-state index is 6.06. The molecule has 0 radical (unpaired) electrons. The number of benzene rings is 2. The van der Waals surface area contributed by atoms with Crippen molar-refractivity contribution < 1.29 is 4.74 Å². The van der Waals surface area contributed by atoms with Gasteiger partial charge in [0.1, 0.15) is 12.4 Å². The molecule has 0 bridgehead atoms. The van der Waals surface area contributed by atoms with Gasteiger partial charge in [0.25, 0.3) is 0 Å². The van der Waals surface area contributed by atoms with Crippen LogP contribution in [0.5, 0.6) is 5.75 Å². The highest BCUT2D eigenvalue weighted by molar-refractivity contribution is 6.30. The summed E-state index contributed by atoms with van der Waals surface area (Å²) in [5, 5.41) is 7.27. The number of pyridine rings is 1. The first kappa shape index (κ1) is 18.1. The smallest absolute Gasteiger partial charge is 0.153 e. The molecule has 2 aromatic carbocycles. The second-order valence-electron chi connectivity index (χ2n) is 6.27. The van der Waals surface area contributed by atoms with Crippen LogP contribution >= 0.6 is 11.6 Å². The van der Waals surface area contributed by atoms with Crippen LogP contribution in [0, 0.1) is 0 Å². The molecule has 4 nitrogen and oxygen atoms in total. The van der Waals surface area contributed by atoms with Crippen molar-refractivity contribution in [3.05, 3.63) is 77.4 Å². The zero-order valence-corrected chi connectivity index (χ0v) is 15.6. The topological polar surface area (TPSA) is 46.2 Å². The maximum atomic E-state index is 6.06. The summed E-state index contributed by atoms with van der Waals surface area (Å²) < 4.78 is 5.82. The normalized spacial score (nSPS) is 10.6. The van der Waals surface area contributed by atoms with E-state index in [4.69, 9.17) is 16.3 Å². The number of halogens is 1. The molecule has 0 aliphatic carbocycles. The summed E-state index contributed by atoms with van der Waals surface area (Å²) in [6, 6.07) is 20.1. The third-order valence-electron chi connectivity index (χ3n) is 3.66. The summed E-state index contributed by atoms with van der Waals surface area (Å²) in [7, 11) is 0. The minimum absolute atomic E-state index is 0.282. The van der Waals surface area contributed by atoms with Gasteiger partial charge in [-0.3, -0.25) is 0 Å². The van der Waals surface area contributed by atoms with E-state index in [2.05, 4.69) is 29.5 Å². The molecule has 3 rings (SSSR count). The Bertz CT molecular complexity index is 836. The Balaban J connectivity index is 1.66. The van der Waals surface area contributed by atoms with Gasteiger partial charge in [0.05, 0.1) is 10.7 Å². The van der Waals surface area contributed by atoms with E-state index in [9.17, 15) is 0 Å². The Morgan fingerprint density at radius 1 is 1.04 bits per heavy atom. The zero-order chi connectivity index (χ0) is 18.4. The van der Waals surface area contributed by atoms with Gasteiger partial charge in [-0.1, -0.05) is 41.9 Å². The summed E-state index contributed by atoms with van der Waals surface area (Å²) in [6.07, 6.45) is 1.63. The molecule has 0 atom stereocenters. The van der Waals surface area contributed by atoms with Gasteiger partial charge in [0.2, 0.25) is 0 Å². The number of rotatable bonds is 7. The molecule has 5 heteroatoms. The molecule has 26 heavy (non-hydrogen) atoms. The van der Waals surface area contributed by atoms with Crippen LogP contribution in [0.4, 0.5) is 17.2 Å². The molecule has 0 saturated heterocycles. The lowest BCUT2D eigenvalue weighted by Gasteiger charge is -2.16.